The molecule has 264 valence electrons. The van der Waals surface area contributed by atoms with E-state index in [1.807, 2.05) is 0 Å². The molecule has 4 heteroatoms. The zero-order chi connectivity index (χ0) is 36.5. The van der Waals surface area contributed by atoms with Crippen molar-refractivity contribution in [1.82, 2.24) is 4.40 Å². The van der Waals surface area contributed by atoms with Gasteiger partial charge in [0.25, 0.3) is 0 Å². The summed E-state index contributed by atoms with van der Waals surface area (Å²) in [5.74, 6) is 0.408. The average molecular weight is 720 g/mol. The lowest BCUT2D eigenvalue weighted by molar-refractivity contribution is -0.738. The Balaban J connectivity index is 1.11. The van der Waals surface area contributed by atoms with Gasteiger partial charge < -0.3 is 8.82 Å². The molecule has 0 fully saturated rings. The van der Waals surface area contributed by atoms with Crippen LogP contribution in [-0.4, -0.2) is 4.40 Å². The number of nitrogens with zero attached hydrogens (tertiary/aromatic N) is 3. The maximum Gasteiger partial charge on any atom is 0.213 e. The molecule has 56 heavy (non-hydrogen) atoms. The predicted octanol–water partition coefficient (Wildman–Crippen LogP) is 12.0. The molecule has 2 aliphatic rings. The quantitative estimate of drug-likeness (QED) is 0.155. The maximum atomic E-state index is 6.48. The second-order valence-electron chi connectivity index (χ2n) is 15.9. The van der Waals surface area contributed by atoms with E-state index in [0.717, 1.165) is 37.0 Å². The van der Waals surface area contributed by atoms with Gasteiger partial charge in [0.15, 0.2) is 25.0 Å². The fourth-order valence-electron chi connectivity index (χ4n) is 10.8. The van der Waals surface area contributed by atoms with Crippen LogP contribution in [0.5, 0.6) is 0 Å². The Hall–Kier alpha value is -6.78. The van der Waals surface area contributed by atoms with E-state index >= 15 is 0 Å². The SMILES string of the molecule is c1ccc(-c2cc3c4cc5c(cc4n4c6ccc7oc8ccccc8c7c6c(c2)c34)CCC2c3ccccc3-c3cccc[n+]3C2CC[n+]2ccccc2-5)cc1. The molecule has 0 N–H and O–H groups in total. The second-order valence-corrected chi connectivity index (χ2v) is 15.9. The average Bonchev–Trinajstić information content (AvgIpc) is 3.91. The van der Waals surface area contributed by atoms with E-state index in [1.165, 1.54) is 93.6 Å². The molecule has 2 aliphatic heterocycles. The van der Waals surface area contributed by atoms with Gasteiger partial charge in [-0.1, -0.05) is 66.7 Å². The predicted molar refractivity (Wildman–Crippen MR) is 226 cm³/mol. The number of hydrogen-bond acceptors (Lipinski definition) is 1. The summed E-state index contributed by atoms with van der Waals surface area (Å²) in [5.41, 5.74) is 16.4. The van der Waals surface area contributed by atoms with Crippen LogP contribution in [-0.2, 0) is 13.0 Å². The molecule has 0 amide bonds. The van der Waals surface area contributed by atoms with Crippen molar-refractivity contribution in [2.45, 2.75) is 37.8 Å². The molecule has 0 spiro atoms. The molecule has 2 atom stereocenters. The van der Waals surface area contributed by atoms with Crippen molar-refractivity contribution in [3.8, 4) is 33.6 Å². The van der Waals surface area contributed by atoms with Gasteiger partial charge in [-0.2, -0.15) is 9.13 Å². The molecule has 0 saturated heterocycles. The molecule has 2 unspecified atom stereocenters. The van der Waals surface area contributed by atoms with Crippen molar-refractivity contribution in [3.05, 3.63) is 175 Å². The molecular weight excluding hydrogens is 683 g/mol. The third kappa shape index (κ3) is 4.13. The van der Waals surface area contributed by atoms with Gasteiger partial charge >= 0.3 is 0 Å². The Morgan fingerprint density at radius 1 is 0.536 bits per heavy atom. The van der Waals surface area contributed by atoms with Crippen LogP contribution >= 0.6 is 0 Å². The van der Waals surface area contributed by atoms with E-state index in [1.54, 1.807) is 0 Å². The standard InChI is InChI=1S/C52H37N3O/c1-2-12-32(13-3-1)34-28-41-40-31-39-33(30-47(40)55-46-22-23-49-51(50(46)42(29-34)52(41)55)38-16-6-7-19-48(38)56-49)20-21-37-35-14-4-5-15-36(35)44-18-9-11-26-54(44)45(37)24-27-53-25-10-8-17-43(39)53/h1-19,22-23,25-26,28-31,37,45H,20-21,24,27H2/q+2. The summed E-state index contributed by atoms with van der Waals surface area (Å²) in [6, 6.07) is 56.7. The third-order valence-electron chi connectivity index (χ3n) is 13.2. The van der Waals surface area contributed by atoms with Crippen LogP contribution < -0.4 is 9.13 Å². The van der Waals surface area contributed by atoms with Gasteiger partial charge in [0.05, 0.1) is 28.5 Å². The highest BCUT2D eigenvalue weighted by Gasteiger charge is 2.41. The first-order valence-electron chi connectivity index (χ1n) is 20.0. The van der Waals surface area contributed by atoms with Crippen molar-refractivity contribution in [1.29, 1.82) is 0 Å². The van der Waals surface area contributed by atoms with E-state index < -0.39 is 0 Å². The minimum absolute atomic E-state index is 0.374. The van der Waals surface area contributed by atoms with Crippen LogP contribution in [0.3, 0.4) is 0 Å². The summed E-state index contributed by atoms with van der Waals surface area (Å²) in [5, 5.41) is 7.51. The molecular formula is C52H37N3O+2. The normalized spacial score (nSPS) is 16.6. The first-order valence-corrected chi connectivity index (χ1v) is 20.0. The Morgan fingerprint density at radius 3 is 2.29 bits per heavy atom. The molecule has 13 rings (SSSR count). The lowest BCUT2D eigenvalue weighted by atomic mass is 9.78. The number of benzene rings is 6. The maximum absolute atomic E-state index is 6.48. The molecule has 0 radical (unpaired) electrons. The second kappa shape index (κ2) is 11.4. The van der Waals surface area contributed by atoms with Crippen molar-refractivity contribution in [2.75, 3.05) is 0 Å². The van der Waals surface area contributed by atoms with Crippen LogP contribution in [0.1, 0.15) is 35.9 Å². The van der Waals surface area contributed by atoms with E-state index in [2.05, 4.69) is 178 Å². The van der Waals surface area contributed by atoms with Crippen LogP contribution in [0.4, 0.5) is 0 Å². The minimum atomic E-state index is 0.374. The number of rotatable bonds is 1. The Morgan fingerprint density at radius 2 is 1.34 bits per heavy atom. The Kier molecular flexibility index (Phi) is 6.20. The zero-order valence-corrected chi connectivity index (χ0v) is 30.8. The number of pyridine rings is 2. The highest BCUT2D eigenvalue weighted by molar-refractivity contribution is 6.32. The highest BCUT2D eigenvalue weighted by atomic mass is 16.3. The monoisotopic (exact) mass is 719 g/mol. The van der Waals surface area contributed by atoms with Gasteiger partial charge in [-0.25, -0.2) is 0 Å². The van der Waals surface area contributed by atoms with Crippen LogP contribution in [0.2, 0.25) is 0 Å². The molecule has 7 heterocycles. The summed E-state index contributed by atoms with van der Waals surface area (Å²) < 4.78 is 14.1. The van der Waals surface area contributed by atoms with Gasteiger partial charge in [0.2, 0.25) is 11.4 Å². The third-order valence-corrected chi connectivity index (χ3v) is 13.2. The van der Waals surface area contributed by atoms with Crippen LogP contribution in [0, 0.1) is 0 Å². The zero-order valence-electron chi connectivity index (χ0n) is 30.8. The molecule has 5 aromatic heterocycles. The van der Waals surface area contributed by atoms with E-state index in [0.29, 0.717) is 12.0 Å². The van der Waals surface area contributed by atoms with Gasteiger partial charge in [0.1, 0.15) is 11.2 Å². The molecule has 11 aromatic rings. The Labute approximate surface area is 323 Å². The van der Waals surface area contributed by atoms with E-state index in [4.69, 9.17) is 4.42 Å². The van der Waals surface area contributed by atoms with Gasteiger partial charge in [0, 0.05) is 68.1 Å². The van der Waals surface area contributed by atoms with Crippen molar-refractivity contribution < 1.29 is 13.6 Å². The van der Waals surface area contributed by atoms with Crippen LogP contribution in [0.25, 0.3) is 93.7 Å². The number of aryl methyl sites for hydroxylation is 2. The molecule has 4 nitrogen and oxygen atoms in total. The number of furan rings is 1. The lowest BCUT2D eigenvalue weighted by Gasteiger charge is -2.31. The first-order chi connectivity index (χ1) is 27.8. The largest absolute Gasteiger partial charge is 0.456 e. The number of para-hydroxylation sites is 1. The first kappa shape index (κ1) is 30.5. The lowest BCUT2D eigenvalue weighted by Crippen LogP contribution is -2.50. The number of fused-ring (bicyclic) bond motifs is 19. The summed E-state index contributed by atoms with van der Waals surface area (Å²) in [6.07, 6.45) is 7.74. The summed E-state index contributed by atoms with van der Waals surface area (Å²) >= 11 is 0. The molecule has 6 aromatic carbocycles. The fraction of sp³-hybridized carbons (Fsp3) is 0.115. The highest BCUT2D eigenvalue weighted by Crippen LogP contribution is 2.48. The molecule has 0 saturated carbocycles. The van der Waals surface area contributed by atoms with Crippen LogP contribution in [0.15, 0.2) is 168 Å². The smallest absolute Gasteiger partial charge is 0.213 e. The van der Waals surface area contributed by atoms with Crippen molar-refractivity contribution >= 4 is 60.0 Å². The van der Waals surface area contributed by atoms with Crippen molar-refractivity contribution in [3.63, 3.8) is 0 Å². The number of hydrogen-bond donors (Lipinski definition) is 0. The molecule has 0 aliphatic carbocycles. The van der Waals surface area contributed by atoms with Gasteiger partial charge in [-0.05, 0) is 95.8 Å². The van der Waals surface area contributed by atoms with Crippen molar-refractivity contribution in [2.24, 2.45) is 0 Å². The minimum Gasteiger partial charge on any atom is -0.456 e. The van der Waals surface area contributed by atoms with Gasteiger partial charge in [-0.3, -0.25) is 0 Å². The fourth-order valence-corrected chi connectivity index (χ4v) is 10.8. The molecule has 0 bridgehead atoms. The summed E-state index contributed by atoms with van der Waals surface area (Å²) in [6.45, 7) is 0.949. The summed E-state index contributed by atoms with van der Waals surface area (Å²) in [7, 11) is 0. The number of aromatic nitrogens is 3. The summed E-state index contributed by atoms with van der Waals surface area (Å²) in [4.78, 5) is 0. The van der Waals surface area contributed by atoms with E-state index in [-0.39, 0.29) is 0 Å². The topological polar surface area (TPSA) is 25.3 Å². The van der Waals surface area contributed by atoms with Gasteiger partial charge in [-0.15, -0.1) is 0 Å². The Bertz CT molecular complexity index is 3390. The van der Waals surface area contributed by atoms with E-state index in [9.17, 15) is 0 Å².